The molecule has 0 fully saturated rings. The lowest BCUT2D eigenvalue weighted by molar-refractivity contribution is -0.136. The number of hydrogen-bond acceptors (Lipinski definition) is 3. The summed E-state index contributed by atoms with van der Waals surface area (Å²) in [6.07, 6.45) is -0.517. The number of halogens is 3. The number of unbranched alkanes of at least 4 members (excludes halogenated alkanes) is 1. The van der Waals surface area contributed by atoms with Crippen LogP contribution in [0.5, 0.6) is 0 Å². The largest absolute Gasteiger partial charge is 0.389 e. The fraction of sp³-hybridized carbons (Fsp3) is 0.800. The van der Waals surface area contributed by atoms with Crippen LogP contribution in [0.15, 0.2) is 6.20 Å². The van der Waals surface area contributed by atoms with Crippen molar-refractivity contribution in [1.29, 1.82) is 0 Å². The summed E-state index contributed by atoms with van der Waals surface area (Å²) in [6.45, 7) is 0.892. The molecule has 2 N–H and O–H groups in total. The first-order valence-electron chi connectivity index (χ1n) is 5.67. The van der Waals surface area contributed by atoms with Gasteiger partial charge in [0.25, 0.3) is 0 Å². The van der Waals surface area contributed by atoms with E-state index in [0.29, 0.717) is 6.54 Å². The Labute approximate surface area is 98.0 Å². The molecule has 1 heterocycles. The Kier molecular flexibility index (Phi) is 5.40. The molecule has 0 aliphatic carbocycles. The second kappa shape index (κ2) is 6.58. The summed E-state index contributed by atoms with van der Waals surface area (Å²) in [7, 11) is 0. The normalized spacial score (nSPS) is 12.0. The number of alkyl halides is 3. The van der Waals surface area contributed by atoms with Gasteiger partial charge in [-0.3, -0.25) is 4.68 Å². The molecule has 7 heteroatoms. The minimum Gasteiger partial charge on any atom is -0.330 e. The van der Waals surface area contributed by atoms with Gasteiger partial charge < -0.3 is 5.73 Å². The minimum absolute atomic E-state index is 0.0368. The molecule has 0 aliphatic rings. The van der Waals surface area contributed by atoms with Gasteiger partial charge in [-0.2, -0.15) is 13.2 Å². The summed E-state index contributed by atoms with van der Waals surface area (Å²) >= 11 is 0. The molecule has 0 saturated carbocycles. The van der Waals surface area contributed by atoms with Crippen molar-refractivity contribution in [2.45, 2.75) is 44.8 Å². The van der Waals surface area contributed by atoms with Crippen LogP contribution < -0.4 is 5.73 Å². The van der Waals surface area contributed by atoms with Gasteiger partial charge in [0.1, 0.15) is 0 Å². The molecular weight excluding hydrogens is 233 g/mol. The molecule has 0 aliphatic heterocycles. The zero-order valence-electron chi connectivity index (χ0n) is 9.58. The number of rotatable bonds is 7. The van der Waals surface area contributed by atoms with E-state index in [2.05, 4.69) is 10.3 Å². The molecule has 1 aromatic heterocycles. The van der Waals surface area contributed by atoms with Gasteiger partial charge in [0.2, 0.25) is 0 Å². The van der Waals surface area contributed by atoms with E-state index >= 15 is 0 Å². The Morgan fingerprint density at radius 3 is 2.65 bits per heavy atom. The number of hydrogen-bond donors (Lipinski definition) is 1. The molecule has 0 atom stereocenters. The van der Waals surface area contributed by atoms with Gasteiger partial charge in [-0.25, -0.2) is 0 Å². The SMILES string of the molecule is NCCCCc1cn(CCCC(F)(F)F)nn1. The van der Waals surface area contributed by atoms with Gasteiger partial charge in [-0.05, 0) is 32.2 Å². The van der Waals surface area contributed by atoms with Crippen molar-refractivity contribution in [2.75, 3.05) is 6.54 Å². The molecule has 1 aromatic rings. The summed E-state index contributed by atoms with van der Waals surface area (Å²) in [5.74, 6) is 0. The van der Waals surface area contributed by atoms with Crippen LogP contribution in [0.4, 0.5) is 13.2 Å². The summed E-state index contributed by atoms with van der Waals surface area (Å²) in [5.41, 5.74) is 6.17. The highest BCUT2D eigenvalue weighted by Crippen LogP contribution is 2.21. The Bertz CT molecular complexity index is 322. The van der Waals surface area contributed by atoms with E-state index in [9.17, 15) is 13.2 Å². The van der Waals surface area contributed by atoms with Gasteiger partial charge in [0, 0.05) is 19.2 Å². The minimum atomic E-state index is -4.09. The first kappa shape index (κ1) is 14.0. The lowest BCUT2D eigenvalue weighted by Crippen LogP contribution is -2.09. The number of nitrogens with two attached hydrogens (primary N) is 1. The quantitative estimate of drug-likeness (QED) is 0.752. The van der Waals surface area contributed by atoms with Crippen LogP contribution in [0, 0.1) is 0 Å². The highest BCUT2D eigenvalue weighted by Gasteiger charge is 2.26. The van der Waals surface area contributed by atoms with E-state index in [1.54, 1.807) is 6.20 Å². The van der Waals surface area contributed by atoms with Crippen molar-refractivity contribution >= 4 is 0 Å². The van der Waals surface area contributed by atoms with E-state index in [1.807, 2.05) is 0 Å². The molecule has 0 spiro atoms. The van der Waals surface area contributed by atoms with Crippen LogP contribution in [0.2, 0.25) is 0 Å². The first-order chi connectivity index (χ1) is 8.01. The van der Waals surface area contributed by atoms with Crippen LogP contribution in [-0.4, -0.2) is 27.7 Å². The van der Waals surface area contributed by atoms with Gasteiger partial charge >= 0.3 is 6.18 Å². The predicted octanol–water partition coefficient (Wildman–Crippen LogP) is 1.90. The summed E-state index contributed by atoms with van der Waals surface area (Å²) in [5, 5.41) is 7.68. The topological polar surface area (TPSA) is 56.7 Å². The molecule has 1 rings (SSSR count). The van der Waals surface area contributed by atoms with Crippen LogP contribution in [-0.2, 0) is 13.0 Å². The molecule has 4 nitrogen and oxygen atoms in total. The molecule has 0 bridgehead atoms. The van der Waals surface area contributed by atoms with Crippen molar-refractivity contribution < 1.29 is 13.2 Å². The van der Waals surface area contributed by atoms with Crippen LogP contribution in [0.25, 0.3) is 0 Å². The lowest BCUT2D eigenvalue weighted by Gasteiger charge is -2.04. The average molecular weight is 250 g/mol. The van der Waals surface area contributed by atoms with E-state index < -0.39 is 12.6 Å². The number of nitrogens with zero attached hydrogens (tertiary/aromatic N) is 3. The molecule has 0 unspecified atom stereocenters. The highest BCUT2D eigenvalue weighted by atomic mass is 19.4. The van der Waals surface area contributed by atoms with Crippen molar-refractivity contribution in [1.82, 2.24) is 15.0 Å². The molecular formula is C10H17F3N4. The maximum Gasteiger partial charge on any atom is 0.389 e. The highest BCUT2D eigenvalue weighted by molar-refractivity contribution is 4.92. The average Bonchev–Trinajstić information content (AvgIpc) is 2.64. The van der Waals surface area contributed by atoms with Crippen molar-refractivity contribution in [3.63, 3.8) is 0 Å². The zero-order chi connectivity index (χ0) is 12.7. The summed E-state index contributed by atoms with van der Waals surface area (Å²) < 4.78 is 37.2. The molecule has 0 radical (unpaired) electrons. The standard InChI is InChI=1S/C10H17F3N4/c11-10(12,13)5-3-7-17-8-9(15-16-17)4-1-2-6-14/h8H,1-7,14H2. The van der Waals surface area contributed by atoms with E-state index in [4.69, 9.17) is 5.73 Å². The third kappa shape index (κ3) is 6.25. The lowest BCUT2D eigenvalue weighted by atomic mass is 10.2. The van der Waals surface area contributed by atoms with Crippen molar-refractivity contribution in [2.24, 2.45) is 5.73 Å². The molecule has 0 amide bonds. The fourth-order valence-corrected chi connectivity index (χ4v) is 1.45. The smallest absolute Gasteiger partial charge is 0.330 e. The van der Waals surface area contributed by atoms with Gasteiger partial charge in [0.05, 0.1) is 5.69 Å². The van der Waals surface area contributed by atoms with Gasteiger partial charge in [0.15, 0.2) is 0 Å². The second-order valence-corrected chi connectivity index (χ2v) is 3.94. The van der Waals surface area contributed by atoms with Crippen LogP contribution in [0.3, 0.4) is 0 Å². The maximum absolute atomic E-state index is 11.9. The third-order valence-electron chi connectivity index (χ3n) is 2.32. The molecule has 0 saturated heterocycles. The first-order valence-corrected chi connectivity index (χ1v) is 5.67. The Morgan fingerprint density at radius 1 is 1.24 bits per heavy atom. The third-order valence-corrected chi connectivity index (χ3v) is 2.32. The summed E-state index contributed by atoms with van der Waals surface area (Å²) in [4.78, 5) is 0. The Morgan fingerprint density at radius 2 is 2.00 bits per heavy atom. The monoisotopic (exact) mass is 250 g/mol. The molecule has 17 heavy (non-hydrogen) atoms. The van der Waals surface area contributed by atoms with E-state index in [0.717, 1.165) is 25.0 Å². The van der Waals surface area contributed by atoms with Crippen molar-refractivity contribution in [3.05, 3.63) is 11.9 Å². The fourth-order valence-electron chi connectivity index (χ4n) is 1.45. The maximum atomic E-state index is 11.9. The molecule has 98 valence electrons. The second-order valence-electron chi connectivity index (χ2n) is 3.94. The van der Waals surface area contributed by atoms with Crippen molar-refractivity contribution in [3.8, 4) is 0 Å². The number of aromatic nitrogens is 3. The Hall–Kier alpha value is -1.11. The predicted molar refractivity (Wildman–Crippen MR) is 57.3 cm³/mol. The summed E-state index contributed by atoms with van der Waals surface area (Å²) in [6, 6.07) is 0. The van der Waals surface area contributed by atoms with E-state index in [-0.39, 0.29) is 13.0 Å². The van der Waals surface area contributed by atoms with Gasteiger partial charge in [-0.1, -0.05) is 5.21 Å². The Balaban J connectivity index is 2.26. The van der Waals surface area contributed by atoms with Crippen LogP contribution >= 0.6 is 0 Å². The van der Waals surface area contributed by atoms with E-state index in [1.165, 1.54) is 4.68 Å². The number of aryl methyl sites for hydroxylation is 2. The van der Waals surface area contributed by atoms with Crippen LogP contribution in [0.1, 0.15) is 31.4 Å². The van der Waals surface area contributed by atoms with Gasteiger partial charge in [-0.15, -0.1) is 5.10 Å². The molecule has 0 aromatic carbocycles. The zero-order valence-corrected chi connectivity index (χ0v) is 9.58.